The lowest BCUT2D eigenvalue weighted by molar-refractivity contribution is 0.0150. The zero-order chi connectivity index (χ0) is 27.1. The van der Waals surface area contributed by atoms with Gasteiger partial charge in [-0.3, -0.25) is 0 Å². The van der Waals surface area contributed by atoms with Crippen LogP contribution in [0.1, 0.15) is 55.4 Å². The molecule has 0 bridgehead atoms. The van der Waals surface area contributed by atoms with Crippen LogP contribution in [-0.4, -0.2) is 24.1 Å². The number of hydrogen-bond donors (Lipinski definition) is 0. The molecule has 0 aromatic heterocycles. The highest BCUT2D eigenvalue weighted by atomic mass is 32.2. The maximum Gasteiger partial charge on any atom is 0.700 e. The Kier molecular flexibility index (Phi) is 11.6. The Morgan fingerprint density at radius 3 is 1.08 bits per heavy atom. The van der Waals surface area contributed by atoms with E-state index >= 15 is 0 Å². The number of hydrogen-bond acceptors (Lipinski definition) is 7. The van der Waals surface area contributed by atoms with Crippen molar-refractivity contribution in [2.75, 3.05) is 14.2 Å². The Hall–Kier alpha value is -1.24. The van der Waals surface area contributed by atoms with Crippen LogP contribution in [0, 0.1) is 23.7 Å². The fraction of sp³-hybridized carbons (Fsp3) is 0.571. The molecule has 5 nitrogen and oxygen atoms in total. The Morgan fingerprint density at radius 2 is 0.861 bits per heavy atom. The van der Waals surface area contributed by atoms with Crippen LogP contribution in [-0.2, 0) is 13.6 Å². The van der Waals surface area contributed by atoms with E-state index in [0.29, 0.717) is 0 Å². The third-order valence-corrected chi connectivity index (χ3v) is 11.2. The molecule has 0 fully saturated rings. The molecule has 0 saturated carbocycles. The number of rotatable bonds is 14. The molecule has 0 atom stereocenters. The Morgan fingerprint density at radius 1 is 0.583 bits per heavy atom. The van der Waals surface area contributed by atoms with E-state index in [1.807, 2.05) is 48.5 Å². The standard InChI is InChI=1S/C28H42O5PS2/c1-19(2)27(20(3)4,35-25-15-11-23(30-9)12-16-25)32-34(29)33-28(21(5)6,22(7)8)36-26-17-13-24(31-10)14-18-26/h11-22H,1-10H3/q+1. The molecule has 2 aromatic rings. The van der Waals surface area contributed by atoms with Crippen molar-refractivity contribution in [2.45, 2.75) is 75.0 Å². The Labute approximate surface area is 227 Å². The number of methoxy groups -OCH3 is 2. The van der Waals surface area contributed by atoms with Crippen molar-refractivity contribution in [2.24, 2.45) is 23.7 Å². The van der Waals surface area contributed by atoms with E-state index in [0.717, 1.165) is 21.3 Å². The molecule has 0 amide bonds. The minimum atomic E-state index is -2.44. The number of ether oxygens (including phenoxy) is 2. The molecule has 2 aromatic carbocycles. The van der Waals surface area contributed by atoms with Crippen molar-refractivity contribution in [3.63, 3.8) is 0 Å². The van der Waals surface area contributed by atoms with Crippen LogP contribution < -0.4 is 9.47 Å². The fourth-order valence-corrected chi connectivity index (χ4v) is 8.40. The highest BCUT2D eigenvalue weighted by Crippen LogP contribution is 2.56. The Bertz CT molecular complexity index is 865. The first kappa shape index (κ1) is 31.0. The van der Waals surface area contributed by atoms with Crippen LogP contribution in [0.2, 0.25) is 0 Å². The smallest absolute Gasteiger partial charge is 0.497 e. The molecule has 0 N–H and O–H groups in total. The summed E-state index contributed by atoms with van der Waals surface area (Å²) in [5.41, 5.74) is 0. The van der Waals surface area contributed by atoms with Crippen molar-refractivity contribution in [3.8, 4) is 11.5 Å². The average Bonchev–Trinajstić information content (AvgIpc) is 2.83. The van der Waals surface area contributed by atoms with Gasteiger partial charge in [0.15, 0.2) is 9.87 Å². The topological polar surface area (TPSA) is 54.0 Å². The predicted octanol–water partition coefficient (Wildman–Crippen LogP) is 9.30. The molecule has 200 valence electrons. The highest BCUT2D eigenvalue weighted by molar-refractivity contribution is 8.01. The number of thioether (sulfide) groups is 2. The molecule has 0 aliphatic rings. The fourth-order valence-electron chi connectivity index (χ4n) is 4.17. The first-order valence-corrected chi connectivity index (χ1v) is 15.1. The van der Waals surface area contributed by atoms with Crippen LogP contribution in [0.25, 0.3) is 0 Å². The highest BCUT2D eigenvalue weighted by Gasteiger charge is 2.54. The first-order valence-electron chi connectivity index (χ1n) is 12.4. The first-order chi connectivity index (χ1) is 16.9. The summed E-state index contributed by atoms with van der Waals surface area (Å²) < 4.78 is 37.2. The van der Waals surface area contributed by atoms with Gasteiger partial charge in [0, 0.05) is 14.4 Å². The molecule has 0 aliphatic heterocycles. The molecule has 36 heavy (non-hydrogen) atoms. The summed E-state index contributed by atoms with van der Waals surface area (Å²) >= 11 is 3.18. The van der Waals surface area contributed by atoms with Crippen LogP contribution in [0.4, 0.5) is 0 Å². The van der Waals surface area contributed by atoms with Crippen molar-refractivity contribution in [3.05, 3.63) is 48.5 Å². The monoisotopic (exact) mass is 553 g/mol. The van der Waals surface area contributed by atoms with Gasteiger partial charge in [-0.1, -0.05) is 78.9 Å². The molecule has 0 spiro atoms. The van der Waals surface area contributed by atoms with Crippen molar-refractivity contribution in [1.29, 1.82) is 0 Å². The molecule has 2 rings (SSSR count). The van der Waals surface area contributed by atoms with Gasteiger partial charge in [0.2, 0.25) is 0 Å². The average molecular weight is 554 g/mol. The molecule has 0 unspecified atom stereocenters. The molecule has 0 heterocycles. The van der Waals surface area contributed by atoms with Crippen LogP contribution >= 0.6 is 31.8 Å². The van der Waals surface area contributed by atoms with E-state index in [-0.39, 0.29) is 23.7 Å². The minimum Gasteiger partial charge on any atom is -0.497 e. The zero-order valence-corrected chi connectivity index (χ0v) is 25.8. The molecule has 0 radical (unpaired) electrons. The summed E-state index contributed by atoms with van der Waals surface area (Å²) in [5, 5.41) is 0. The zero-order valence-electron chi connectivity index (χ0n) is 23.2. The van der Waals surface area contributed by atoms with E-state index in [1.54, 1.807) is 37.7 Å². The van der Waals surface area contributed by atoms with Gasteiger partial charge in [-0.25, -0.2) is 0 Å². The second-order valence-electron chi connectivity index (χ2n) is 10.0. The van der Waals surface area contributed by atoms with Gasteiger partial charge in [-0.15, -0.1) is 9.05 Å². The van der Waals surface area contributed by atoms with Gasteiger partial charge in [0.1, 0.15) is 11.5 Å². The minimum absolute atomic E-state index is 0.0777. The Balaban J connectivity index is 2.36. The SMILES string of the molecule is COc1ccc(SC(O[P+](=O)OC(Sc2ccc(OC)cc2)(C(C)C)C(C)C)(C(C)C)C(C)C)cc1. The summed E-state index contributed by atoms with van der Waals surface area (Å²) in [6.45, 7) is 16.8. The van der Waals surface area contributed by atoms with Crippen LogP contribution in [0.3, 0.4) is 0 Å². The molecular formula is C28H42O5PS2+. The van der Waals surface area contributed by atoms with Gasteiger partial charge in [-0.05, 0) is 72.2 Å². The quantitative estimate of drug-likeness (QED) is 0.131. The second-order valence-corrected chi connectivity index (χ2v) is 13.5. The molecule has 0 aliphatic carbocycles. The van der Waals surface area contributed by atoms with Gasteiger partial charge < -0.3 is 9.47 Å². The lowest BCUT2D eigenvalue weighted by Gasteiger charge is -2.37. The summed E-state index contributed by atoms with van der Waals surface area (Å²) in [5.74, 6) is 1.90. The third-order valence-electron chi connectivity index (χ3n) is 6.33. The van der Waals surface area contributed by atoms with E-state index < -0.39 is 18.1 Å². The summed E-state index contributed by atoms with van der Waals surface area (Å²) in [6.07, 6.45) is 0. The molecule has 0 saturated heterocycles. The summed E-state index contributed by atoms with van der Waals surface area (Å²) in [7, 11) is 0.866. The normalized spacial score (nSPS) is 12.6. The largest absolute Gasteiger partial charge is 0.700 e. The summed E-state index contributed by atoms with van der Waals surface area (Å²) in [6, 6.07) is 15.7. The molecule has 8 heteroatoms. The second kappa shape index (κ2) is 13.5. The predicted molar refractivity (Wildman–Crippen MR) is 152 cm³/mol. The van der Waals surface area contributed by atoms with Crippen molar-refractivity contribution >= 4 is 31.8 Å². The van der Waals surface area contributed by atoms with Gasteiger partial charge in [0.25, 0.3) is 0 Å². The van der Waals surface area contributed by atoms with Gasteiger partial charge in [-0.2, -0.15) is 0 Å². The lowest BCUT2D eigenvalue weighted by Crippen LogP contribution is -2.41. The summed E-state index contributed by atoms with van der Waals surface area (Å²) in [4.78, 5) is 0.556. The van der Waals surface area contributed by atoms with Crippen molar-refractivity contribution < 1.29 is 23.1 Å². The van der Waals surface area contributed by atoms with Gasteiger partial charge in [0.05, 0.1) is 14.2 Å². The maximum atomic E-state index is 13.7. The maximum absolute atomic E-state index is 13.7. The van der Waals surface area contributed by atoms with Crippen molar-refractivity contribution in [1.82, 2.24) is 0 Å². The van der Waals surface area contributed by atoms with E-state index in [9.17, 15) is 4.57 Å². The number of benzene rings is 2. The van der Waals surface area contributed by atoms with E-state index in [1.165, 1.54) is 0 Å². The van der Waals surface area contributed by atoms with Crippen LogP contribution in [0.5, 0.6) is 11.5 Å². The van der Waals surface area contributed by atoms with E-state index in [2.05, 4.69) is 55.4 Å². The van der Waals surface area contributed by atoms with Crippen LogP contribution in [0.15, 0.2) is 58.3 Å². The van der Waals surface area contributed by atoms with Gasteiger partial charge >= 0.3 is 8.25 Å². The lowest BCUT2D eigenvalue weighted by atomic mass is 9.95. The third kappa shape index (κ3) is 7.41. The molecular weight excluding hydrogens is 511 g/mol. The van der Waals surface area contributed by atoms with E-state index in [4.69, 9.17) is 18.5 Å².